The van der Waals surface area contributed by atoms with Gasteiger partial charge in [0.05, 0.1) is 23.2 Å². The second kappa shape index (κ2) is 12.8. The maximum atomic E-state index is 14.3. The molecule has 0 aromatic heterocycles. The summed E-state index contributed by atoms with van der Waals surface area (Å²) < 4.78 is 5.09. The number of rotatable bonds is 15. The Bertz CT molecular complexity index is 856. The second-order valence-corrected chi connectivity index (χ2v) is 13.2. The lowest BCUT2D eigenvalue weighted by molar-refractivity contribution is -0.154. The van der Waals surface area contributed by atoms with Gasteiger partial charge in [-0.2, -0.15) is 0 Å². The van der Waals surface area contributed by atoms with E-state index in [1.54, 1.807) is 22.7 Å². The standard InChI is InChI=1S/C29H46N2O5S/c1-6-8-9-14-20-36-27(35)22-21-15-16-29(37-21)23(22)25(33)30(18-12-10-11-13-19-32)24(29)26(34)31(17-7-2)28(3,4)5/h6-7,21-24,32H,1-2,8-20H2,3-5H3/t21-,22+,23+,24?,29?/m1/s1. The lowest BCUT2D eigenvalue weighted by Crippen LogP contribution is -2.58. The van der Waals surface area contributed by atoms with Crippen molar-refractivity contribution in [3.8, 4) is 0 Å². The van der Waals surface area contributed by atoms with E-state index in [0.29, 0.717) is 19.7 Å². The van der Waals surface area contributed by atoms with Gasteiger partial charge < -0.3 is 19.6 Å². The van der Waals surface area contributed by atoms with E-state index in [-0.39, 0.29) is 29.6 Å². The number of hydrogen-bond donors (Lipinski definition) is 1. The Balaban J connectivity index is 1.87. The summed E-state index contributed by atoms with van der Waals surface area (Å²) in [7, 11) is 0. The Kier molecular flexibility index (Phi) is 10.3. The summed E-state index contributed by atoms with van der Waals surface area (Å²) in [6, 6.07) is -0.595. The lowest BCUT2D eigenvalue weighted by Gasteiger charge is -2.42. The predicted octanol–water partition coefficient (Wildman–Crippen LogP) is 4.34. The summed E-state index contributed by atoms with van der Waals surface area (Å²) in [5, 5.41) is 9.13. The molecule has 37 heavy (non-hydrogen) atoms. The van der Waals surface area contributed by atoms with Crippen LogP contribution in [-0.4, -0.2) is 80.6 Å². The van der Waals surface area contributed by atoms with Crippen LogP contribution in [0.3, 0.4) is 0 Å². The average Bonchev–Trinajstić information content (AvgIpc) is 3.48. The second-order valence-electron chi connectivity index (χ2n) is 11.6. The van der Waals surface area contributed by atoms with Gasteiger partial charge in [0.15, 0.2) is 0 Å². The maximum Gasteiger partial charge on any atom is 0.310 e. The molecule has 3 saturated heterocycles. The van der Waals surface area contributed by atoms with Crippen LogP contribution in [0.2, 0.25) is 0 Å². The molecule has 2 bridgehead atoms. The minimum Gasteiger partial charge on any atom is -0.465 e. The Hall–Kier alpha value is -1.80. The largest absolute Gasteiger partial charge is 0.465 e. The van der Waals surface area contributed by atoms with Gasteiger partial charge in [0.1, 0.15) is 6.04 Å². The molecule has 3 aliphatic heterocycles. The summed E-state index contributed by atoms with van der Waals surface area (Å²) in [6.07, 6.45) is 11.0. The van der Waals surface area contributed by atoms with E-state index in [4.69, 9.17) is 9.84 Å². The van der Waals surface area contributed by atoms with Crippen LogP contribution in [0.15, 0.2) is 25.3 Å². The molecule has 2 amide bonds. The van der Waals surface area contributed by atoms with Crippen molar-refractivity contribution in [1.29, 1.82) is 0 Å². The van der Waals surface area contributed by atoms with Crippen molar-refractivity contribution in [2.75, 3.05) is 26.3 Å². The Morgan fingerprint density at radius 2 is 1.89 bits per heavy atom. The fourth-order valence-corrected chi connectivity index (χ4v) is 8.52. The van der Waals surface area contributed by atoms with E-state index in [2.05, 4.69) is 13.2 Å². The number of carbonyl (C=O) groups is 3. The third kappa shape index (κ3) is 6.11. The zero-order valence-electron chi connectivity index (χ0n) is 23.0. The van der Waals surface area contributed by atoms with Crippen molar-refractivity contribution < 1.29 is 24.2 Å². The number of likely N-dealkylation sites (tertiary alicyclic amines) is 1. The molecule has 0 aliphatic carbocycles. The number of amides is 2. The van der Waals surface area contributed by atoms with Crippen molar-refractivity contribution in [1.82, 2.24) is 9.80 Å². The molecule has 1 N–H and O–H groups in total. The first kappa shape index (κ1) is 29.8. The molecular weight excluding hydrogens is 488 g/mol. The minimum absolute atomic E-state index is 0.0131. The van der Waals surface area contributed by atoms with Gasteiger partial charge in [-0.25, -0.2) is 0 Å². The molecule has 5 atom stereocenters. The molecule has 3 aliphatic rings. The number of ether oxygens (including phenoxy) is 1. The molecule has 3 rings (SSSR count). The van der Waals surface area contributed by atoms with Crippen LogP contribution in [0, 0.1) is 11.8 Å². The van der Waals surface area contributed by atoms with Crippen LogP contribution in [0.25, 0.3) is 0 Å². The first-order chi connectivity index (χ1) is 17.6. The van der Waals surface area contributed by atoms with E-state index in [1.165, 1.54) is 0 Å². The molecule has 1 spiro atoms. The highest BCUT2D eigenvalue weighted by atomic mass is 32.2. The average molecular weight is 535 g/mol. The van der Waals surface area contributed by atoms with Gasteiger partial charge >= 0.3 is 5.97 Å². The molecule has 3 heterocycles. The van der Waals surface area contributed by atoms with Crippen LogP contribution in [0.4, 0.5) is 0 Å². The summed E-state index contributed by atoms with van der Waals surface area (Å²) in [5.74, 6) is -1.43. The third-order valence-electron chi connectivity index (χ3n) is 8.05. The molecule has 3 fully saturated rings. The first-order valence-electron chi connectivity index (χ1n) is 13.9. The molecular formula is C29H46N2O5S. The highest BCUT2D eigenvalue weighted by Crippen LogP contribution is 2.66. The van der Waals surface area contributed by atoms with Gasteiger partial charge in [0.25, 0.3) is 0 Å². The molecule has 0 radical (unpaired) electrons. The van der Waals surface area contributed by atoms with Crippen molar-refractivity contribution in [3.63, 3.8) is 0 Å². The van der Waals surface area contributed by atoms with Gasteiger partial charge in [0.2, 0.25) is 11.8 Å². The fraction of sp³-hybridized carbons (Fsp3) is 0.759. The predicted molar refractivity (Wildman–Crippen MR) is 148 cm³/mol. The van der Waals surface area contributed by atoms with Crippen LogP contribution in [0.1, 0.15) is 78.6 Å². The van der Waals surface area contributed by atoms with Crippen LogP contribution in [0.5, 0.6) is 0 Å². The third-order valence-corrected chi connectivity index (χ3v) is 10.00. The molecule has 0 aromatic rings. The number of aliphatic hydroxyl groups is 1. The molecule has 2 unspecified atom stereocenters. The van der Waals surface area contributed by atoms with Crippen molar-refractivity contribution in [3.05, 3.63) is 25.3 Å². The zero-order valence-corrected chi connectivity index (χ0v) is 23.8. The highest BCUT2D eigenvalue weighted by molar-refractivity contribution is 8.02. The van der Waals surface area contributed by atoms with E-state index in [9.17, 15) is 14.4 Å². The minimum atomic E-state index is -0.596. The molecule has 7 nitrogen and oxygen atoms in total. The molecule has 8 heteroatoms. The Labute approximate surface area is 227 Å². The smallest absolute Gasteiger partial charge is 0.310 e. The van der Waals surface area contributed by atoms with Gasteiger partial charge in [-0.05, 0) is 65.7 Å². The topological polar surface area (TPSA) is 87.1 Å². The van der Waals surface area contributed by atoms with Crippen LogP contribution in [-0.2, 0) is 19.1 Å². The number of unbranched alkanes of at least 4 members (excludes halogenated alkanes) is 5. The molecule has 0 saturated carbocycles. The van der Waals surface area contributed by atoms with E-state index in [1.807, 2.05) is 31.7 Å². The molecule has 0 aromatic carbocycles. The van der Waals surface area contributed by atoms with Gasteiger partial charge in [-0.3, -0.25) is 14.4 Å². The quantitative estimate of drug-likeness (QED) is 0.191. The summed E-state index contributed by atoms with van der Waals surface area (Å²) in [6.45, 7) is 15.0. The first-order valence-corrected chi connectivity index (χ1v) is 14.8. The number of aliphatic hydroxyl groups excluding tert-OH is 1. The fourth-order valence-electron chi connectivity index (χ4n) is 6.32. The summed E-state index contributed by atoms with van der Waals surface area (Å²) in [5.41, 5.74) is -0.430. The zero-order chi connectivity index (χ0) is 27.2. The number of hydrogen-bond acceptors (Lipinski definition) is 6. The Morgan fingerprint density at radius 1 is 1.16 bits per heavy atom. The number of allylic oxidation sites excluding steroid dienone is 1. The lowest BCUT2D eigenvalue weighted by atomic mass is 9.71. The highest BCUT2D eigenvalue weighted by Gasteiger charge is 2.74. The Morgan fingerprint density at radius 3 is 2.54 bits per heavy atom. The molecule has 208 valence electrons. The van der Waals surface area contributed by atoms with Crippen molar-refractivity contribution >= 4 is 29.5 Å². The van der Waals surface area contributed by atoms with Crippen molar-refractivity contribution in [2.45, 2.75) is 100 Å². The van der Waals surface area contributed by atoms with E-state index >= 15 is 0 Å². The number of nitrogens with zero attached hydrogens (tertiary/aromatic N) is 2. The normalized spacial score (nSPS) is 28.3. The van der Waals surface area contributed by atoms with Gasteiger partial charge in [0, 0.05) is 30.5 Å². The number of fused-ring (bicyclic) bond motifs is 1. The van der Waals surface area contributed by atoms with Crippen LogP contribution >= 0.6 is 11.8 Å². The summed E-state index contributed by atoms with van der Waals surface area (Å²) in [4.78, 5) is 45.2. The van der Waals surface area contributed by atoms with Crippen LogP contribution < -0.4 is 0 Å². The van der Waals surface area contributed by atoms with Crippen molar-refractivity contribution in [2.24, 2.45) is 11.8 Å². The number of carbonyl (C=O) groups excluding carboxylic acids is 3. The SMILES string of the molecule is C=CCCCCOC(=O)[C@@H]1[C@H]2C(=O)N(CCCCCCO)C(C(=O)N(CC=C)C(C)(C)C)C23CC[C@H]1S3. The monoisotopic (exact) mass is 534 g/mol. The maximum absolute atomic E-state index is 14.3. The number of thioether (sulfide) groups is 1. The number of esters is 1. The van der Waals surface area contributed by atoms with Gasteiger partial charge in [-0.1, -0.05) is 25.0 Å². The van der Waals surface area contributed by atoms with Gasteiger partial charge in [-0.15, -0.1) is 24.9 Å². The van der Waals surface area contributed by atoms with E-state index < -0.39 is 28.2 Å². The summed E-state index contributed by atoms with van der Waals surface area (Å²) >= 11 is 1.69. The van der Waals surface area contributed by atoms with E-state index in [0.717, 1.165) is 57.8 Å².